The van der Waals surface area contributed by atoms with Crippen LogP contribution < -0.4 is 14.8 Å². The van der Waals surface area contributed by atoms with E-state index >= 15 is 0 Å². The number of aliphatic hydroxyl groups excluding tert-OH is 1. The van der Waals surface area contributed by atoms with Crippen LogP contribution >= 0.6 is 0 Å². The Bertz CT molecular complexity index is 634. The molecule has 2 aliphatic heterocycles. The van der Waals surface area contributed by atoms with Crippen LogP contribution in [-0.4, -0.2) is 54.2 Å². The van der Waals surface area contributed by atoms with Gasteiger partial charge in [0.15, 0.2) is 11.5 Å². The molecular formula is C18H24N2O5. The summed E-state index contributed by atoms with van der Waals surface area (Å²) < 4.78 is 11.4. The molecule has 2 heterocycles. The molecule has 2 amide bonds. The zero-order valence-corrected chi connectivity index (χ0v) is 14.2. The smallest absolute Gasteiger partial charge is 0.251 e. The van der Waals surface area contributed by atoms with Gasteiger partial charge in [-0.1, -0.05) is 12.1 Å². The van der Waals surface area contributed by atoms with Crippen molar-refractivity contribution in [2.24, 2.45) is 0 Å². The lowest BCUT2D eigenvalue weighted by Gasteiger charge is -2.21. The van der Waals surface area contributed by atoms with E-state index in [1.165, 1.54) is 4.90 Å². The summed E-state index contributed by atoms with van der Waals surface area (Å²) in [5.74, 6) is 0.740. The molecule has 0 aliphatic carbocycles. The Labute approximate surface area is 146 Å². The molecule has 7 nitrogen and oxygen atoms in total. The average Bonchev–Trinajstić information content (AvgIpc) is 2.94. The monoisotopic (exact) mass is 348 g/mol. The summed E-state index contributed by atoms with van der Waals surface area (Å²) in [5.41, 5.74) is 0.843. The van der Waals surface area contributed by atoms with Crippen molar-refractivity contribution >= 4 is 11.8 Å². The van der Waals surface area contributed by atoms with Crippen LogP contribution in [0.2, 0.25) is 0 Å². The first-order chi connectivity index (χ1) is 12.1. The van der Waals surface area contributed by atoms with Crippen LogP contribution in [0.1, 0.15) is 31.2 Å². The molecule has 2 aliphatic rings. The van der Waals surface area contributed by atoms with Crippen molar-refractivity contribution in [1.82, 2.24) is 10.2 Å². The fourth-order valence-corrected chi connectivity index (χ4v) is 3.06. The van der Waals surface area contributed by atoms with E-state index in [0.717, 1.165) is 24.8 Å². The Hall–Kier alpha value is -2.28. The minimum atomic E-state index is -0.995. The summed E-state index contributed by atoms with van der Waals surface area (Å²) in [6.45, 7) is 1.96. The second-order valence-corrected chi connectivity index (χ2v) is 6.34. The van der Waals surface area contributed by atoms with Crippen molar-refractivity contribution in [3.05, 3.63) is 23.8 Å². The summed E-state index contributed by atoms with van der Waals surface area (Å²) in [6, 6.07) is 5.60. The van der Waals surface area contributed by atoms with Crippen molar-refractivity contribution < 1.29 is 24.2 Å². The molecule has 1 aromatic carbocycles. The Morgan fingerprint density at radius 2 is 2.08 bits per heavy atom. The van der Waals surface area contributed by atoms with E-state index in [-0.39, 0.29) is 18.4 Å². The zero-order valence-electron chi connectivity index (χ0n) is 14.2. The van der Waals surface area contributed by atoms with Crippen LogP contribution in [0.3, 0.4) is 0 Å². The quantitative estimate of drug-likeness (QED) is 0.842. The van der Waals surface area contributed by atoms with Crippen molar-refractivity contribution in [3.8, 4) is 11.5 Å². The second-order valence-electron chi connectivity index (χ2n) is 6.34. The lowest BCUT2D eigenvalue weighted by atomic mass is 10.2. The van der Waals surface area contributed by atoms with Crippen molar-refractivity contribution in [3.63, 3.8) is 0 Å². The molecule has 2 N–H and O–H groups in total. The topological polar surface area (TPSA) is 88.1 Å². The van der Waals surface area contributed by atoms with E-state index in [2.05, 4.69) is 5.32 Å². The molecule has 0 radical (unpaired) electrons. The van der Waals surface area contributed by atoms with E-state index in [4.69, 9.17) is 9.47 Å². The Balaban J connectivity index is 1.58. The summed E-state index contributed by atoms with van der Waals surface area (Å²) in [4.78, 5) is 25.7. The molecule has 7 heteroatoms. The predicted octanol–water partition coefficient (Wildman–Crippen LogP) is 0.838. The summed E-state index contributed by atoms with van der Waals surface area (Å²) >= 11 is 0. The van der Waals surface area contributed by atoms with Gasteiger partial charge in [0, 0.05) is 25.1 Å². The van der Waals surface area contributed by atoms with Crippen LogP contribution in [0.15, 0.2) is 18.2 Å². The van der Waals surface area contributed by atoms with Crippen LogP contribution in [-0.2, 0) is 16.1 Å². The third-order valence-corrected chi connectivity index (χ3v) is 4.42. The molecule has 1 saturated heterocycles. The van der Waals surface area contributed by atoms with Gasteiger partial charge in [-0.05, 0) is 25.3 Å². The van der Waals surface area contributed by atoms with Gasteiger partial charge in [0.05, 0.1) is 19.8 Å². The number of para-hydroxylation sites is 1. The Kier molecular flexibility index (Phi) is 5.75. The van der Waals surface area contributed by atoms with Crippen LogP contribution in [0.5, 0.6) is 11.5 Å². The summed E-state index contributed by atoms with van der Waals surface area (Å²) in [5, 5.41) is 12.6. The largest absolute Gasteiger partial charge is 0.490 e. The minimum absolute atomic E-state index is 0.0394. The van der Waals surface area contributed by atoms with Crippen molar-refractivity contribution in [2.75, 3.05) is 26.3 Å². The SMILES string of the molecule is O=C(CN1CCCCC(O)C1=O)NCc1cccc2c1OCCCO2. The first-order valence-electron chi connectivity index (χ1n) is 8.76. The molecule has 1 atom stereocenters. The molecule has 0 spiro atoms. The minimum Gasteiger partial charge on any atom is -0.490 e. The highest BCUT2D eigenvalue weighted by Crippen LogP contribution is 2.33. The van der Waals surface area contributed by atoms with Gasteiger partial charge in [-0.3, -0.25) is 9.59 Å². The molecule has 0 bridgehead atoms. The number of nitrogens with zero attached hydrogens (tertiary/aromatic N) is 1. The third kappa shape index (κ3) is 4.42. The fourth-order valence-electron chi connectivity index (χ4n) is 3.06. The maximum atomic E-state index is 12.2. The zero-order chi connectivity index (χ0) is 17.6. The number of benzene rings is 1. The summed E-state index contributed by atoms with van der Waals surface area (Å²) in [6.07, 6.45) is 1.88. The van der Waals surface area contributed by atoms with Crippen LogP contribution in [0, 0.1) is 0 Å². The third-order valence-electron chi connectivity index (χ3n) is 4.42. The van der Waals surface area contributed by atoms with Gasteiger partial charge in [-0.2, -0.15) is 0 Å². The molecule has 3 rings (SSSR count). The van der Waals surface area contributed by atoms with Gasteiger partial charge >= 0.3 is 0 Å². The van der Waals surface area contributed by atoms with E-state index in [1.54, 1.807) is 0 Å². The average molecular weight is 348 g/mol. The van der Waals surface area contributed by atoms with E-state index < -0.39 is 6.10 Å². The number of hydrogen-bond acceptors (Lipinski definition) is 5. The number of amides is 2. The second kappa shape index (κ2) is 8.20. The van der Waals surface area contributed by atoms with Gasteiger partial charge < -0.3 is 24.8 Å². The number of hydrogen-bond donors (Lipinski definition) is 2. The highest BCUT2D eigenvalue weighted by Gasteiger charge is 2.26. The first kappa shape index (κ1) is 17.5. The Morgan fingerprint density at radius 3 is 2.96 bits per heavy atom. The standard InChI is InChI=1S/C18H24N2O5/c21-14-6-1-2-8-20(18(14)23)12-16(22)19-11-13-5-3-7-15-17(13)25-10-4-9-24-15/h3,5,7,14,21H,1-2,4,6,8-12H2,(H,19,22). The van der Waals surface area contributed by atoms with Crippen molar-refractivity contribution in [1.29, 1.82) is 0 Å². The van der Waals surface area contributed by atoms with Gasteiger partial charge in [0.2, 0.25) is 5.91 Å². The number of aliphatic hydroxyl groups is 1. The maximum Gasteiger partial charge on any atom is 0.251 e. The van der Waals surface area contributed by atoms with Crippen molar-refractivity contribution in [2.45, 2.75) is 38.3 Å². The predicted molar refractivity (Wildman–Crippen MR) is 90.3 cm³/mol. The molecule has 0 aromatic heterocycles. The van der Waals surface area contributed by atoms with E-state index in [0.29, 0.717) is 44.2 Å². The lowest BCUT2D eigenvalue weighted by Crippen LogP contribution is -2.44. The summed E-state index contributed by atoms with van der Waals surface area (Å²) in [7, 11) is 0. The molecule has 25 heavy (non-hydrogen) atoms. The highest BCUT2D eigenvalue weighted by molar-refractivity contribution is 5.87. The molecule has 0 saturated carbocycles. The molecule has 1 aromatic rings. The van der Waals surface area contributed by atoms with Gasteiger partial charge in [-0.15, -0.1) is 0 Å². The number of rotatable bonds is 4. The number of carbonyl (C=O) groups excluding carboxylic acids is 2. The van der Waals surface area contributed by atoms with Crippen LogP contribution in [0.25, 0.3) is 0 Å². The molecule has 1 fully saturated rings. The van der Waals surface area contributed by atoms with Gasteiger partial charge in [0.25, 0.3) is 5.91 Å². The number of fused-ring (bicyclic) bond motifs is 1. The number of likely N-dealkylation sites (tertiary alicyclic amines) is 1. The van der Waals surface area contributed by atoms with Crippen LogP contribution in [0.4, 0.5) is 0 Å². The van der Waals surface area contributed by atoms with E-state index in [1.807, 2.05) is 18.2 Å². The molecular weight excluding hydrogens is 324 g/mol. The maximum absolute atomic E-state index is 12.2. The molecule has 136 valence electrons. The van der Waals surface area contributed by atoms with Gasteiger partial charge in [0.1, 0.15) is 6.10 Å². The normalized spacial score (nSPS) is 20.6. The number of nitrogens with one attached hydrogen (secondary N) is 1. The molecule has 1 unspecified atom stereocenters. The lowest BCUT2D eigenvalue weighted by molar-refractivity contribution is -0.142. The highest BCUT2D eigenvalue weighted by atomic mass is 16.5. The van der Waals surface area contributed by atoms with Gasteiger partial charge in [-0.25, -0.2) is 0 Å². The fraction of sp³-hybridized carbons (Fsp3) is 0.556. The van der Waals surface area contributed by atoms with E-state index in [9.17, 15) is 14.7 Å². The number of carbonyl (C=O) groups is 2. The first-order valence-corrected chi connectivity index (χ1v) is 8.76. The Morgan fingerprint density at radius 1 is 1.24 bits per heavy atom. The number of ether oxygens (including phenoxy) is 2.